The number of aromatic nitrogens is 1. The van der Waals surface area contributed by atoms with Gasteiger partial charge >= 0.3 is 0 Å². The fraction of sp³-hybridized carbons (Fsp3) is 0.333. The SMILES string of the molecule is CCc1ccc2nc(N3CCN(CCNC(=O)/C=C\c4ccc([N+](=O)[O-])cc4)CC3)sc2c1. The number of hydrogen-bond donors (Lipinski definition) is 1. The summed E-state index contributed by atoms with van der Waals surface area (Å²) >= 11 is 1.76. The molecule has 0 unspecified atom stereocenters. The van der Waals surface area contributed by atoms with Gasteiger partial charge in [0.25, 0.3) is 5.69 Å². The van der Waals surface area contributed by atoms with Crippen molar-refractivity contribution in [2.24, 2.45) is 0 Å². The fourth-order valence-electron chi connectivity index (χ4n) is 3.75. The molecule has 0 bridgehead atoms. The highest BCUT2D eigenvalue weighted by atomic mass is 32.1. The van der Waals surface area contributed by atoms with Crippen LogP contribution in [0.15, 0.2) is 48.5 Å². The van der Waals surface area contributed by atoms with E-state index in [4.69, 9.17) is 4.98 Å². The van der Waals surface area contributed by atoms with Crippen LogP contribution in [0.4, 0.5) is 10.8 Å². The number of carbonyl (C=O) groups excluding carboxylic acids is 1. The molecule has 0 radical (unpaired) electrons. The predicted octanol–water partition coefficient (Wildman–Crippen LogP) is 3.72. The number of nitro benzene ring substituents is 1. The molecular formula is C24H27N5O3S. The molecule has 33 heavy (non-hydrogen) atoms. The van der Waals surface area contributed by atoms with E-state index >= 15 is 0 Å². The molecule has 1 aliphatic rings. The molecule has 1 N–H and O–H groups in total. The first-order valence-corrected chi connectivity index (χ1v) is 11.9. The van der Waals surface area contributed by atoms with Crippen molar-refractivity contribution < 1.29 is 9.72 Å². The molecule has 2 heterocycles. The normalized spacial score (nSPS) is 14.8. The Morgan fingerprint density at radius 2 is 1.94 bits per heavy atom. The first-order chi connectivity index (χ1) is 16.0. The summed E-state index contributed by atoms with van der Waals surface area (Å²) < 4.78 is 1.25. The van der Waals surface area contributed by atoms with Gasteiger partial charge in [0, 0.05) is 57.5 Å². The van der Waals surface area contributed by atoms with E-state index in [2.05, 4.69) is 40.2 Å². The number of hydrogen-bond acceptors (Lipinski definition) is 7. The smallest absolute Gasteiger partial charge is 0.269 e. The Bertz CT molecular complexity index is 1150. The topological polar surface area (TPSA) is 91.6 Å². The second-order valence-corrected chi connectivity index (χ2v) is 8.96. The van der Waals surface area contributed by atoms with Gasteiger partial charge in [0.05, 0.1) is 15.1 Å². The number of nitro groups is 1. The van der Waals surface area contributed by atoms with Crippen LogP contribution in [-0.2, 0) is 11.2 Å². The summed E-state index contributed by atoms with van der Waals surface area (Å²) in [5, 5.41) is 14.7. The van der Waals surface area contributed by atoms with Crippen molar-refractivity contribution in [3.63, 3.8) is 0 Å². The summed E-state index contributed by atoms with van der Waals surface area (Å²) in [5.74, 6) is -0.173. The van der Waals surface area contributed by atoms with Crippen LogP contribution < -0.4 is 10.2 Å². The van der Waals surface area contributed by atoms with E-state index in [0.29, 0.717) is 6.54 Å². The number of benzene rings is 2. The van der Waals surface area contributed by atoms with Crippen molar-refractivity contribution in [1.29, 1.82) is 0 Å². The minimum absolute atomic E-state index is 0.0328. The number of nitrogens with one attached hydrogen (secondary N) is 1. The summed E-state index contributed by atoms with van der Waals surface area (Å²) in [6.07, 6.45) is 4.14. The Hall–Kier alpha value is -3.30. The molecule has 172 valence electrons. The first kappa shape index (κ1) is 22.9. The highest BCUT2D eigenvalue weighted by molar-refractivity contribution is 7.22. The third-order valence-corrected chi connectivity index (χ3v) is 6.83. The summed E-state index contributed by atoms with van der Waals surface area (Å²) in [5.41, 5.74) is 3.18. The molecule has 0 atom stereocenters. The van der Waals surface area contributed by atoms with Crippen LogP contribution in [-0.4, -0.2) is 60.0 Å². The largest absolute Gasteiger partial charge is 0.351 e. The highest BCUT2D eigenvalue weighted by Crippen LogP contribution is 2.30. The Balaban J connectivity index is 1.19. The zero-order valence-corrected chi connectivity index (χ0v) is 19.4. The summed E-state index contributed by atoms with van der Waals surface area (Å²) in [7, 11) is 0. The molecule has 1 amide bonds. The molecule has 0 spiro atoms. The second kappa shape index (κ2) is 10.5. The van der Waals surface area contributed by atoms with Crippen molar-refractivity contribution in [2.45, 2.75) is 13.3 Å². The number of rotatable bonds is 8. The average Bonchev–Trinajstić information content (AvgIpc) is 3.26. The minimum atomic E-state index is -0.443. The van der Waals surface area contributed by atoms with Gasteiger partial charge in [-0.15, -0.1) is 0 Å². The maximum atomic E-state index is 12.1. The van der Waals surface area contributed by atoms with Gasteiger partial charge in [-0.3, -0.25) is 19.8 Å². The molecule has 1 fully saturated rings. The van der Waals surface area contributed by atoms with Crippen LogP contribution >= 0.6 is 11.3 Å². The van der Waals surface area contributed by atoms with Gasteiger partial charge in [-0.1, -0.05) is 24.3 Å². The first-order valence-electron chi connectivity index (χ1n) is 11.1. The molecule has 4 rings (SSSR count). The van der Waals surface area contributed by atoms with E-state index in [0.717, 1.165) is 55.4 Å². The Labute approximate surface area is 196 Å². The number of aryl methyl sites for hydroxylation is 1. The lowest BCUT2D eigenvalue weighted by Crippen LogP contribution is -2.48. The zero-order chi connectivity index (χ0) is 23.2. The second-order valence-electron chi connectivity index (χ2n) is 7.95. The van der Waals surface area contributed by atoms with E-state index in [1.807, 2.05) is 0 Å². The van der Waals surface area contributed by atoms with Crippen LogP contribution in [0.2, 0.25) is 0 Å². The van der Waals surface area contributed by atoms with Gasteiger partial charge in [-0.05, 0) is 47.9 Å². The van der Waals surface area contributed by atoms with Crippen LogP contribution in [0.5, 0.6) is 0 Å². The molecule has 9 heteroatoms. The number of anilines is 1. The van der Waals surface area contributed by atoms with Crippen molar-refractivity contribution in [3.05, 3.63) is 69.8 Å². The third-order valence-electron chi connectivity index (χ3n) is 5.75. The van der Waals surface area contributed by atoms with Gasteiger partial charge in [0.15, 0.2) is 5.13 Å². The van der Waals surface area contributed by atoms with E-state index in [1.165, 1.54) is 28.5 Å². The molecule has 2 aromatic carbocycles. The molecule has 1 aliphatic heterocycles. The number of piperazine rings is 1. The van der Waals surface area contributed by atoms with E-state index in [1.54, 1.807) is 29.5 Å². The number of nitrogens with zero attached hydrogens (tertiary/aromatic N) is 4. The number of thiazole rings is 1. The van der Waals surface area contributed by atoms with Crippen molar-refractivity contribution in [1.82, 2.24) is 15.2 Å². The monoisotopic (exact) mass is 465 g/mol. The average molecular weight is 466 g/mol. The summed E-state index contributed by atoms with van der Waals surface area (Å²) in [4.78, 5) is 31.8. The van der Waals surface area contributed by atoms with Crippen molar-refractivity contribution >= 4 is 44.4 Å². The van der Waals surface area contributed by atoms with E-state index in [9.17, 15) is 14.9 Å². The van der Waals surface area contributed by atoms with Crippen LogP contribution in [0.3, 0.4) is 0 Å². The van der Waals surface area contributed by atoms with Crippen LogP contribution in [0.1, 0.15) is 18.1 Å². The van der Waals surface area contributed by atoms with E-state index in [-0.39, 0.29) is 11.6 Å². The van der Waals surface area contributed by atoms with Gasteiger partial charge in [0.1, 0.15) is 0 Å². The van der Waals surface area contributed by atoms with Crippen molar-refractivity contribution in [3.8, 4) is 0 Å². The Morgan fingerprint density at radius 1 is 1.18 bits per heavy atom. The number of fused-ring (bicyclic) bond motifs is 1. The number of non-ortho nitro benzene ring substituents is 1. The lowest BCUT2D eigenvalue weighted by molar-refractivity contribution is -0.384. The third kappa shape index (κ3) is 5.94. The quantitative estimate of drug-likeness (QED) is 0.310. The van der Waals surface area contributed by atoms with Crippen molar-refractivity contribution in [2.75, 3.05) is 44.2 Å². The Kier molecular flexibility index (Phi) is 7.31. The molecule has 0 aliphatic carbocycles. The standard InChI is InChI=1S/C24H27N5O3S/c1-2-18-5-9-21-22(17-18)33-24(26-21)28-15-13-27(14-16-28)12-11-25-23(30)10-6-19-3-7-20(8-4-19)29(31)32/h3-10,17H,2,11-16H2,1H3,(H,25,30)/b10-6-. The molecule has 1 aromatic heterocycles. The number of carbonyl (C=O) groups is 1. The van der Waals surface area contributed by atoms with E-state index < -0.39 is 4.92 Å². The molecular weight excluding hydrogens is 438 g/mol. The molecule has 8 nitrogen and oxygen atoms in total. The highest BCUT2D eigenvalue weighted by Gasteiger charge is 2.19. The predicted molar refractivity (Wildman–Crippen MR) is 133 cm³/mol. The maximum Gasteiger partial charge on any atom is 0.269 e. The Morgan fingerprint density at radius 3 is 2.64 bits per heavy atom. The molecule has 0 saturated carbocycles. The van der Waals surface area contributed by atoms with Gasteiger partial charge in [0.2, 0.25) is 5.91 Å². The van der Waals surface area contributed by atoms with Gasteiger partial charge < -0.3 is 10.2 Å². The summed E-state index contributed by atoms with van der Waals surface area (Å²) in [6, 6.07) is 12.6. The van der Waals surface area contributed by atoms with Gasteiger partial charge in [-0.2, -0.15) is 0 Å². The van der Waals surface area contributed by atoms with Crippen LogP contribution in [0.25, 0.3) is 16.3 Å². The maximum absolute atomic E-state index is 12.1. The minimum Gasteiger partial charge on any atom is -0.351 e. The van der Waals surface area contributed by atoms with Crippen LogP contribution in [0, 0.1) is 10.1 Å². The van der Waals surface area contributed by atoms with Gasteiger partial charge in [-0.25, -0.2) is 4.98 Å². The lowest BCUT2D eigenvalue weighted by Gasteiger charge is -2.34. The molecule has 3 aromatic rings. The number of amides is 1. The molecule has 1 saturated heterocycles. The fourth-order valence-corrected chi connectivity index (χ4v) is 4.83. The zero-order valence-electron chi connectivity index (χ0n) is 18.6. The lowest BCUT2D eigenvalue weighted by atomic mass is 10.2. The summed E-state index contributed by atoms with van der Waals surface area (Å²) in [6.45, 7) is 7.26.